The van der Waals surface area contributed by atoms with E-state index in [9.17, 15) is 9.59 Å². The molecule has 0 aromatic heterocycles. The molecule has 5 nitrogen and oxygen atoms in total. The molecule has 0 aromatic rings. The van der Waals surface area contributed by atoms with E-state index in [2.05, 4.69) is 5.32 Å². The van der Waals surface area contributed by atoms with E-state index in [-0.39, 0.29) is 23.2 Å². The van der Waals surface area contributed by atoms with E-state index in [1.165, 1.54) is 0 Å². The fourth-order valence-corrected chi connectivity index (χ4v) is 2.11. The van der Waals surface area contributed by atoms with Crippen molar-refractivity contribution >= 4 is 11.7 Å². The third-order valence-electron chi connectivity index (χ3n) is 3.75. The van der Waals surface area contributed by atoms with Gasteiger partial charge in [-0.25, -0.2) is 0 Å². The van der Waals surface area contributed by atoms with Crippen molar-refractivity contribution in [3.05, 3.63) is 0 Å². The summed E-state index contributed by atoms with van der Waals surface area (Å²) >= 11 is 0. The van der Waals surface area contributed by atoms with Crippen molar-refractivity contribution in [1.82, 2.24) is 5.32 Å². The fourth-order valence-electron chi connectivity index (χ4n) is 2.11. The van der Waals surface area contributed by atoms with Gasteiger partial charge in [-0.3, -0.25) is 9.59 Å². The number of Topliss-reactive ketones (excluding diaryl/α,β-unsaturated/α-hetero) is 1. The summed E-state index contributed by atoms with van der Waals surface area (Å²) in [7, 11) is 0. The van der Waals surface area contributed by atoms with Crippen LogP contribution in [-0.4, -0.2) is 43.7 Å². The van der Waals surface area contributed by atoms with Gasteiger partial charge in [0.15, 0.2) is 0 Å². The van der Waals surface area contributed by atoms with Gasteiger partial charge in [0.2, 0.25) is 5.91 Å². The van der Waals surface area contributed by atoms with Crippen LogP contribution in [0.1, 0.15) is 61.3 Å². The van der Waals surface area contributed by atoms with Gasteiger partial charge < -0.3 is 14.8 Å². The number of rotatable bonds is 12. The van der Waals surface area contributed by atoms with E-state index in [0.29, 0.717) is 32.8 Å². The van der Waals surface area contributed by atoms with E-state index >= 15 is 0 Å². The Morgan fingerprint density at radius 1 is 1.09 bits per heavy atom. The SMILES string of the molecule is CCC(=O)NCCOCCC(C)(C)OCC(C)(C)C(=O)C(C)C. The molecule has 0 unspecified atom stereocenters. The second-order valence-electron chi connectivity index (χ2n) is 7.52. The first-order valence-corrected chi connectivity index (χ1v) is 8.54. The Labute approximate surface area is 141 Å². The number of carbonyl (C=O) groups is 2. The summed E-state index contributed by atoms with van der Waals surface area (Å²) < 4.78 is 11.5. The Morgan fingerprint density at radius 3 is 2.22 bits per heavy atom. The van der Waals surface area contributed by atoms with E-state index < -0.39 is 5.41 Å². The van der Waals surface area contributed by atoms with E-state index in [1.54, 1.807) is 0 Å². The highest BCUT2D eigenvalue weighted by atomic mass is 16.5. The van der Waals surface area contributed by atoms with Crippen molar-refractivity contribution in [3.8, 4) is 0 Å². The van der Waals surface area contributed by atoms with Gasteiger partial charge >= 0.3 is 0 Å². The van der Waals surface area contributed by atoms with Crippen LogP contribution in [0.25, 0.3) is 0 Å². The summed E-state index contributed by atoms with van der Waals surface area (Å²) in [6, 6.07) is 0. The Hall–Kier alpha value is -0.940. The first-order valence-electron chi connectivity index (χ1n) is 8.54. The summed E-state index contributed by atoms with van der Waals surface area (Å²) in [6.07, 6.45) is 1.23. The molecule has 0 fully saturated rings. The lowest BCUT2D eigenvalue weighted by Crippen LogP contribution is -2.38. The third-order valence-corrected chi connectivity index (χ3v) is 3.75. The molecule has 0 aliphatic heterocycles. The minimum Gasteiger partial charge on any atom is -0.380 e. The molecule has 23 heavy (non-hydrogen) atoms. The number of amides is 1. The molecule has 0 bridgehead atoms. The zero-order valence-corrected chi connectivity index (χ0v) is 16.0. The van der Waals surface area contributed by atoms with E-state index in [0.717, 1.165) is 6.42 Å². The van der Waals surface area contributed by atoms with Crippen LogP contribution < -0.4 is 5.32 Å². The molecule has 0 heterocycles. The molecule has 0 rings (SSSR count). The van der Waals surface area contributed by atoms with Gasteiger partial charge in [-0.1, -0.05) is 34.6 Å². The first-order chi connectivity index (χ1) is 10.5. The highest BCUT2D eigenvalue weighted by molar-refractivity contribution is 5.85. The predicted octanol–water partition coefficient (Wildman–Crippen LogP) is 2.97. The molecule has 136 valence electrons. The standard InChI is InChI=1S/C18H35NO4/c1-8-15(20)19-10-12-22-11-9-18(6,7)23-13-17(4,5)16(21)14(2)3/h14H,8-13H2,1-7H3,(H,19,20). The largest absolute Gasteiger partial charge is 0.380 e. The zero-order chi connectivity index (χ0) is 18.1. The topological polar surface area (TPSA) is 64.6 Å². The lowest BCUT2D eigenvalue weighted by Gasteiger charge is -2.32. The van der Waals surface area contributed by atoms with Gasteiger partial charge in [0.1, 0.15) is 5.78 Å². The molecule has 0 aliphatic rings. The lowest BCUT2D eigenvalue weighted by molar-refractivity contribution is -0.138. The summed E-state index contributed by atoms with van der Waals surface area (Å²) in [6.45, 7) is 15.5. The summed E-state index contributed by atoms with van der Waals surface area (Å²) in [5.74, 6) is 0.268. The maximum Gasteiger partial charge on any atom is 0.219 e. The van der Waals surface area contributed by atoms with Crippen molar-refractivity contribution in [3.63, 3.8) is 0 Å². The Morgan fingerprint density at radius 2 is 1.70 bits per heavy atom. The Kier molecular flexibility index (Phi) is 9.63. The summed E-state index contributed by atoms with van der Waals surface area (Å²) in [5, 5.41) is 2.77. The molecule has 0 spiro atoms. The highest BCUT2D eigenvalue weighted by Crippen LogP contribution is 2.25. The van der Waals surface area contributed by atoms with Crippen LogP contribution in [0.3, 0.4) is 0 Å². The van der Waals surface area contributed by atoms with Gasteiger partial charge in [0.05, 0.1) is 18.8 Å². The zero-order valence-electron chi connectivity index (χ0n) is 16.0. The Balaban J connectivity index is 4.01. The monoisotopic (exact) mass is 329 g/mol. The number of hydrogen-bond donors (Lipinski definition) is 1. The molecule has 0 saturated carbocycles. The van der Waals surface area contributed by atoms with Crippen molar-refractivity contribution in [2.24, 2.45) is 11.3 Å². The smallest absolute Gasteiger partial charge is 0.219 e. The molecule has 0 atom stereocenters. The van der Waals surface area contributed by atoms with Gasteiger partial charge in [0, 0.05) is 30.9 Å². The minimum atomic E-state index is -0.475. The average Bonchev–Trinajstić information content (AvgIpc) is 2.47. The van der Waals surface area contributed by atoms with Gasteiger partial charge in [-0.2, -0.15) is 0 Å². The van der Waals surface area contributed by atoms with Gasteiger partial charge in [-0.15, -0.1) is 0 Å². The maximum atomic E-state index is 12.2. The van der Waals surface area contributed by atoms with Gasteiger partial charge in [0.25, 0.3) is 0 Å². The number of ether oxygens (including phenoxy) is 2. The first kappa shape index (κ1) is 22.1. The van der Waals surface area contributed by atoms with Crippen molar-refractivity contribution in [1.29, 1.82) is 0 Å². The molecular formula is C18H35NO4. The number of carbonyl (C=O) groups excluding carboxylic acids is 2. The number of ketones is 1. The lowest BCUT2D eigenvalue weighted by atomic mass is 9.83. The second kappa shape index (κ2) is 10.0. The van der Waals surface area contributed by atoms with Crippen LogP contribution >= 0.6 is 0 Å². The molecule has 1 N–H and O–H groups in total. The number of hydrogen-bond acceptors (Lipinski definition) is 4. The molecular weight excluding hydrogens is 294 g/mol. The summed E-state index contributed by atoms with van der Waals surface area (Å²) in [5.41, 5.74) is -0.822. The van der Waals surface area contributed by atoms with Crippen LogP contribution in [-0.2, 0) is 19.1 Å². The fraction of sp³-hybridized carbons (Fsp3) is 0.889. The van der Waals surface area contributed by atoms with Crippen LogP contribution in [0.2, 0.25) is 0 Å². The second-order valence-corrected chi connectivity index (χ2v) is 7.52. The van der Waals surface area contributed by atoms with Crippen molar-refractivity contribution < 1.29 is 19.1 Å². The highest BCUT2D eigenvalue weighted by Gasteiger charge is 2.32. The van der Waals surface area contributed by atoms with Crippen LogP contribution in [0.5, 0.6) is 0 Å². The number of nitrogens with one attached hydrogen (secondary N) is 1. The maximum absolute atomic E-state index is 12.2. The van der Waals surface area contributed by atoms with Gasteiger partial charge in [-0.05, 0) is 20.3 Å². The predicted molar refractivity (Wildman–Crippen MR) is 92.4 cm³/mol. The molecule has 0 aliphatic carbocycles. The van der Waals surface area contributed by atoms with E-state index in [1.807, 2.05) is 48.5 Å². The van der Waals surface area contributed by atoms with Crippen molar-refractivity contribution in [2.45, 2.75) is 66.9 Å². The average molecular weight is 329 g/mol. The normalized spacial score (nSPS) is 12.5. The van der Waals surface area contributed by atoms with Crippen LogP contribution in [0.4, 0.5) is 0 Å². The summed E-state index contributed by atoms with van der Waals surface area (Å²) in [4.78, 5) is 23.2. The van der Waals surface area contributed by atoms with Crippen LogP contribution in [0.15, 0.2) is 0 Å². The van der Waals surface area contributed by atoms with Crippen molar-refractivity contribution in [2.75, 3.05) is 26.4 Å². The minimum absolute atomic E-state index is 0.0124. The Bertz CT molecular complexity index is 375. The van der Waals surface area contributed by atoms with Crippen LogP contribution in [0, 0.1) is 11.3 Å². The molecule has 0 aromatic carbocycles. The molecule has 0 radical (unpaired) electrons. The molecule has 5 heteroatoms. The van der Waals surface area contributed by atoms with E-state index in [4.69, 9.17) is 9.47 Å². The third kappa shape index (κ3) is 9.72. The quantitative estimate of drug-likeness (QED) is 0.559. The molecule has 0 saturated heterocycles. The molecule has 1 amide bonds.